The molecule has 0 bridgehead atoms. The van der Waals surface area contributed by atoms with Gasteiger partial charge in [0.25, 0.3) is 0 Å². The normalized spacial score (nSPS) is 12.0. The average molecular weight is 305 g/mol. The number of nitrogens with two attached hydrogens (primary N) is 1. The standard InChI is InChI=1S/C15H19N3O2S/c1-10-7-17-15(18-8-10)21-9-13(16)12-6-11(19-2)4-5-14(12)20-3/h4-8,13H,9,16H2,1-3H3. The summed E-state index contributed by atoms with van der Waals surface area (Å²) in [4.78, 5) is 8.52. The highest BCUT2D eigenvalue weighted by atomic mass is 32.2. The van der Waals surface area contributed by atoms with E-state index in [9.17, 15) is 0 Å². The molecule has 5 nitrogen and oxygen atoms in total. The molecule has 0 aliphatic rings. The lowest BCUT2D eigenvalue weighted by Crippen LogP contribution is -2.14. The number of ether oxygens (including phenoxy) is 2. The molecule has 2 rings (SSSR count). The van der Waals surface area contributed by atoms with Crippen LogP contribution in [-0.2, 0) is 0 Å². The Morgan fingerprint density at radius 2 is 1.90 bits per heavy atom. The summed E-state index contributed by atoms with van der Waals surface area (Å²) in [5.74, 6) is 2.18. The predicted octanol–water partition coefficient (Wildman–Crippen LogP) is 2.59. The van der Waals surface area contributed by atoms with E-state index in [0.29, 0.717) is 5.75 Å². The Balaban J connectivity index is 2.08. The molecule has 1 aromatic heterocycles. The van der Waals surface area contributed by atoms with Crippen LogP contribution in [0.15, 0.2) is 35.7 Å². The van der Waals surface area contributed by atoms with Crippen LogP contribution in [0.25, 0.3) is 0 Å². The molecule has 0 spiro atoms. The van der Waals surface area contributed by atoms with Gasteiger partial charge in [-0.3, -0.25) is 0 Å². The van der Waals surface area contributed by atoms with Crippen LogP contribution < -0.4 is 15.2 Å². The molecule has 112 valence electrons. The molecule has 1 heterocycles. The van der Waals surface area contributed by atoms with Gasteiger partial charge < -0.3 is 15.2 Å². The number of aryl methyl sites for hydroxylation is 1. The molecule has 0 saturated carbocycles. The third-order valence-electron chi connectivity index (χ3n) is 2.99. The minimum absolute atomic E-state index is 0.190. The van der Waals surface area contributed by atoms with E-state index in [1.54, 1.807) is 26.6 Å². The summed E-state index contributed by atoms with van der Waals surface area (Å²) in [7, 11) is 3.26. The Morgan fingerprint density at radius 1 is 1.19 bits per heavy atom. The molecule has 1 aromatic carbocycles. The number of aromatic nitrogens is 2. The van der Waals surface area contributed by atoms with Crippen LogP contribution in [0, 0.1) is 6.92 Å². The van der Waals surface area contributed by atoms with E-state index in [2.05, 4.69) is 9.97 Å². The Labute approximate surface area is 128 Å². The molecule has 1 unspecified atom stereocenters. The van der Waals surface area contributed by atoms with Crippen LogP contribution in [0.4, 0.5) is 0 Å². The molecular formula is C15H19N3O2S. The number of rotatable bonds is 6. The quantitative estimate of drug-likeness (QED) is 0.653. The smallest absolute Gasteiger partial charge is 0.187 e. The average Bonchev–Trinajstić information content (AvgIpc) is 2.53. The Morgan fingerprint density at radius 3 is 2.52 bits per heavy atom. The summed E-state index contributed by atoms with van der Waals surface area (Å²) < 4.78 is 10.6. The van der Waals surface area contributed by atoms with Crippen molar-refractivity contribution in [3.05, 3.63) is 41.7 Å². The van der Waals surface area contributed by atoms with Crippen LogP contribution in [0.3, 0.4) is 0 Å². The lowest BCUT2D eigenvalue weighted by atomic mass is 10.1. The highest BCUT2D eigenvalue weighted by Gasteiger charge is 2.14. The SMILES string of the molecule is COc1ccc(OC)c(C(N)CSc2ncc(C)cn2)c1. The first kappa shape index (κ1) is 15.6. The first-order chi connectivity index (χ1) is 10.1. The summed E-state index contributed by atoms with van der Waals surface area (Å²) in [6.45, 7) is 1.96. The van der Waals surface area contributed by atoms with Gasteiger partial charge in [-0.25, -0.2) is 9.97 Å². The second-order valence-corrected chi connectivity index (χ2v) is 5.56. The fourth-order valence-electron chi connectivity index (χ4n) is 1.84. The lowest BCUT2D eigenvalue weighted by Gasteiger charge is -2.16. The number of benzene rings is 1. The van der Waals surface area contributed by atoms with Gasteiger partial charge in [0, 0.05) is 29.8 Å². The van der Waals surface area contributed by atoms with Gasteiger partial charge >= 0.3 is 0 Å². The highest BCUT2D eigenvalue weighted by Crippen LogP contribution is 2.30. The van der Waals surface area contributed by atoms with Crippen molar-refractivity contribution in [2.45, 2.75) is 18.1 Å². The topological polar surface area (TPSA) is 70.3 Å². The van der Waals surface area contributed by atoms with E-state index in [1.165, 1.54) is 11.8 Å². The van der Waals surface area contributed by atoms with Gasteiger partial charge in [-0.05, 0) is 30.7 Å². The van der Waals surface area contributed by atoms with Crippen LogP contribution in [0.5, 0.6) is 11.5 Å². The maximum Gasteiger partial charge on any atom is 0.187 e. The van der Waals surface area contributed by atoms with Crippen molar-refractivity contribution in [1.82, 2.24) is 9.97 Å². The minimum atomic E-state index is -0.190. The summed E-state index contributed by atoms with van der Waals surface area (Å²) in [6, 6.07) is 5.43. The molecule has 2 N–H and O–H groups in total. The van der Waals surface area contributed by atoms with Crippen molar-refractivity contribution in [3.8, 4) is 11.5 Å². The van der Waals surface area contributed by atoms with Gasteiger partial charge in [-0.1, -0.05) is 11.8 Å². The third kappa shape index (κ3) is 4.09. The first-order valence-electron chi connectivity index (χ1n) is 6.53. The van der Waals surface area contributed by atoms with Crippen molar-refractivity contribution in [1.29, 1.82) is 0 Å². The lowest BCUT2D eigenvalue weighted by molar-refractivity contribution is 0.396. The predicted molar refractivity (Wildman–Crippen MR) is 84.0 cm³/mol. The summed E-state index contributed by atoms with van der Waals surface area (Å²) in [6.07, 6.45) is 3.60. The molecule has 0 saturated heterocycles. The van der Waals surface area contributed by atoms with Crippen molar-refractivity contribution >= 4 is 11.8 Å². The zero-order chi connectivity index (χ0) is 15.2. The van der Waals surface area contributed by atoms with Gasteiger partial charge in [0.15, 0.2) is 5.16 Å². The van der Waals surface area contributed by atoms with Crippen molar-refractivity contribution < 1.29 is 9.47 Å². The summed E-state index contributed by atoms with van der Waals surface area (Å²) >= 11 is 1.52. The fourth-order valence-corrected chi connectivity index (χ4v) is 2.60. The Kier molecular flexibility index (Phi) is 5.41. The van der Waals surface area contributed by atoms with Crippen molar-refractivity contribution in [2.75, 3.05) is 20.0 Å². The maximum atomic E-state index is 6.26. The van der Waals surface area contributed by atoms with Gasteiger partial charge in [0.1, 0.15) is 11.5 Å². The van der Waals surface area contributed by atoms with Crippen LogP contribution in [0.2, 0.25) is 0 Å². The van der Waals surface area contributed by atoms with Gasteiger partial charge in [0.2, 0.25) is 0 Å². The van der Waals surface area contributed by atoms with Crippen LogP contribution in [0.1, 0.15) is 17.2 Å². The zero-order valence-corrected chi connectivity index (χ0v) is 13.2. The number of hydrogen-bond donors (Lipinski definition) is 1. The van der Waals surface area contributed by atoms with Gasteiger partial charge in [-0.2, -0.15) is 0 Å². The number of methoxy groups -OCH3 is 2. The monoisotopic (exact) mass is 305 g/mol. The van der Waals surface area contributed by atoms with Gasteiger partial charge in [-0.15, -0.1) is 0 Å². The highest BCUT2D eigenvalue weighted by molar-refractivity contribution is 7.99. The van der Waals surface area contributed by atoms with E-state index in [4.69, 9.17) is 15.2 Å². The molecule has 0 radical (unpaired) electrons. The second kappa shape index (κ2) is 7.28. The number of hydrogen-bond acceptors (Lipinski definition) is 6. The summed E-state index contributed by atoms with van der Waals surface area (Å²) in [5, 5.41) is 0.720. The number of thioether (sulfide) groups is 1. The van der Waals surface area contributed by atoms with Gasteiger partial charge in [0.05, 0.1) is 14.2 Å². The van der Waals surface area contributed by atoms with E-state index >= 15 is 0 Å². The minimum Gasteiger partial charge on any atom is -0.497 e. The van der Waals surface area contributed by atoms with Crippen LogP contribution in [-0.4, -0.2) is 29.9 Å². The largest absolute Gasteiger partial charge is 0.497 e. The molecule has 1 atom stereocenters. The Hall–Kier alpha value is -1.79. The second-order valence-electron chi connectivity index (χ2n) is 4.57. The first-order valence-corrected chi connectivity index (χ1v) is 7.51. The summed E-state index contributed by atoms with van der Waals surface area (Å²) in [5.41, 5.74) is 8.21. The maximum absolute atomic E-state index is 6.26. The molecule has 0 aliphatic carbocycles. The van der Waals surface area contributed by atoms with E-state index in [-0.39, 0.29) is 6.04 Å². The van der Waals surface area contributed by atoms with Crippen molar-refractivity contribution in [3.63, 3.8) is 0 Å². The van der Waals surface area contributed by atoms with E-state index < -0.39 is 0 Å². The molecular weight excluding hydrogens is 286 g/mol. The fraction of sp³-hybridized carbons (Fsp3) is 0.333. The Bertz CT molecular complexity index is 590. The molecule has 0 aliphatic heterocycles. The number of nitrogens with zero attached hydrogens (tertiary/aromatic N) is 2. The molecule has 0 amide bonds. The molecule has 2 aromatic rings. The van der Waals surface area contributed by atoms with E-state index in [0.717, 1.165) is 27.8 Å². The van der Waals surface area contributed by atoms with Crippen molar-refractivity contribution in [2.24, 2.45) is 5.73 Å². The third-order valence-corrected chi connectivity index (χ3v) is 3.98. The van der Waals surface area contributed by atoms with E-state index in [1.807, 2.05) is 25.1 Å². The molecule has 6 heteroatoms. The van der Waals surface area contributed by atoms with Crippen LogP contribution >= 0.6 is 11.8 Å². The zero-order valence-electron chi connectivity index (χ0n) is 12.4. The molecule has 21 heavy (non-hydrogen) atoms. The molecule has 0 fully saturated rings.